The largest absolute Gasteiger partial charge is 0.459 e. The molecule has 0 amide bonds. The number of ether oxygens (including phenoxy) is 7. The first-order valence-corrected chi connectivity index (χ1v) is 17.9. The van der Waals surface area contributed by atoms with Crippen molar-refractivity contribution in [3.63, 3.8) is 0 Å². The fourth-order valence-corrected chi connectivity index (χ4v) is 5.76. The molecule has 5 aromatic rings. The standard InChI is InChI=1S/C44H38O13/c1-44(50,28-52-39(46)30-19-9-3-10-20-30)57-43-37(56-42(49)33-25-15-6-16-26-33)36(55-41(48)32-23-13-5-14-24-32)35(54-40(47)31-21-11-4-12-22-31)34(53-43)27-51-38(45)29-17-7-2-8-18-29/h2-26,34-37,43,50H,27-28H2,1H3. The van der Waals surface area contributed by atoms with Gasteiger partial charge in [-0.15, -0.1) is 0 Å². The SMILES string of the molecule is CC(O)(COC(=O)c1ccccc1)OC1OC(COC(=O)c2ccccc2)C(OC(=O)c2ccccc2)C(OC(=O)c2ccccc2)C1OC(=O)c1ccccc1. The minimum absolute atomic E-state index is 0.0877. The molecule has 0 saturated carbocycles. The maximum absolute atomic E-state index is 13.8. The summed E-state index contributed by atoms with van der Waals surface area (Å²) in [5.74, 6) is -6.58. The summed E-state index contributed by atoms with van der Waals surface area (Å²) in [6, 6.07) is 39.7. The van der Waals surface area contributed by atoms with Crippen molar-refractivity contribution in [2.24, 2.45) is 0 Å². The van der Waals surface area contributed by atoms with Gasteiger partial charge in [-0.05, 0) is 67.6 Å². The summed E-state index contributed by atoms with van der Waals surface area (Å²) < 4.78 is 41.2. The van der Waals surface area contributed by atoms with Gasteiger partial charge in [0, 0.05) is 0 Å². The molecule has 6 rings (SSSR count). The molecule has 1 saturated heterocycles. The van der Waals surface area contributed by atoms with E-state index in [9.17, 15) is 29.1 Å². The highest BCUT2D eigenvalue weighted by Crippen LogP contribution is 2.33. The van der Waals surface area contributed by atoms with Crippen molar-refractivity contribution >= 4 is 29.8 Å². The van der Waals surface area contributed by atoms with Gasteiger partial charge in [0.2, 0.25) is 12.1 Å². The molecule has 292 valence electrons. The molecule has 1 fully saturated rings. The Morgan fingerprint density at radius 1 is 0.491 bits per heavy atom. The molecule has 1 aliphatic heterocycles. The van der Waals surface area contributed by atoms with Gasteiger partial charge in [0.1, 0.15) is 19.3 Å². The first-order valence-electron chi connectivity index (χ1n) is 17.9. The molecule has 13 heteroatoms. The van der Waals surface area contributed by atoms with Crippen molar-refractivity contribution in [2.45, 2.75) is 43.4 Å². The fraction of sp³-hybridized carbons (Fsp3) is 0.205. The molecule has 57 heavy (non-hydrogen) atoms. The Hall–Kier alpha value is -6.67. The normalized spacial score (nSPS) is 19.9. The van der Waals surface area contributed by atoms with E-state index < -0.39 is 79.6 Å². The molecule has 5 aromatic carbocycles. The van der Waals surface area contributed by atoms with E-state index in [0.29, 0.717) is 0 Å². The molecular formula is C44H38O13. The van der Waals surface area contributed by atoms with Gasteiger partial charge in [0.05, 0.1) is 27.8 Å². The van der Waals surface area contributed by atoms with Crippen LogP contribution in [0.4, 0.5) is 0 Å². The maximum Gasteiger partial charge on any atom is 0.338 e. The van der Waals surface area contributed by atoms with Crippen LogP contribution in [0.1, 0.15) is 58.7 Å². The zero-order valence-corrected chi connectivity index (χ0v) is 30.6. The van der Waals surface area contributed by atoms with E-state index in [4.69, 9.17) is 33.2 Å². The molecule has 0 spiro atoms. The number of rotatable bonds is 14. The molecule has 0 aromatic heterocycles. The monoisotopic (exact) mass is 774 g/mol. The predicted molar refractivity (Wildman–Crippen MR) is 201 cm³/mol. The van der Waals surface area contributed by atoms with Crippen molar-refractivity contribution in [1.29, 1.82) is 0 Å². The molecule has 6 unspecified atom stereocenters. The van der Waals surface area contributed by atoms with E-state index in [2.05, 4.69) is 0 Å². The molecular weight excluding hydrogens is 736 g/mol. The first kappa shape index (κ1) is 40.0. The van der Waals surface area contributed by atoms with Crippen LogP contribution in [-0.4, -0.2) is 84.7 Å². The van der Waals surface area contributed by atoms with E-state index in [-0.39, 0.29) is 27.8 Å². The number of carbonyl (C=O) groups is 5. The molecule has 0 aliphatic carbocycles. The van der Waals surface area contributed by atoms with Crippen molar-refractivity contribution < 1.29 is 62.2 Å². The van der Waals surface area contributed by atoms with Gasteiger partial charge in [-0.1, -0.05) is 91.0 Å². The molecule has 6 atom stereocenters. The van der Waals surface area contributed by atoms with Gasteiger partial charge in [0.25, 0.3) is 0 Å². The van der Waals surface area contributed by atoms with Crippen LogP contribution in [0, 0.1) is 0 Å². The third-order valence-electron chi connectivity index (χ3n) is 8.59. The summed E-state index contributed by atoms with van der Waals surface area (Å²) in [6.07, 6.45) is -8.42. The summed E-state index contributed by atoms with van der Waals surface area (Å²) in [7, 11) is 0. The second-order valence-corrected chi connectivity index (χ2v) is 13.0. The third kappa shape index (κ3) is 10.8. The van der Waals surface area contributed by atoms with E-state index in [0.717, 1.165) is 0 Å². The van der Waals surface area contributed by atoms with Crippen molar-refractivity contribution in [2.75, 3.05) is 13.2 Å². The zero-order chi connectivity index (χ0) is 40.2. The lowest BCUT2D eigenvalue weighted by molar-refractivity contribution is -0.359. The Balaban J connectivity index is 1.39. The lowest BCUT2D eigenvalue weighted by atomic mass is 9.97. The van der Waals surface area contributed by atoms with Gasteiger partial charge in [0.15, 0.2) is 18.3 Å². The summed E-state index contributed by atoms with van der Waals surface area (Å²) in [5.41, 5.74) is 0.696. The summed E-state index contributed by atoms with van der Waals surface area (Å²) in [4.78, 5) is 67.2. The van der Waals surface area contributed by atoms with Crippen molar-refractivity contribution in [3.8, 4) is 0 Å². The number of benzene rings is 5. The molecule has 0 bridgehead atoms. The molecule has 1 heterocycles. The summed E-state index contributed by atoms with van der Waals surface area (Å²) in [6.45, 7) is -0.180. The molecule has 1 N–H and O–H groups in total. The van der Waals surface area contributed by atoms with Crippen LogP contribution in [0.5, 0.6) is 0 Å². The van der Waals surface area contributed by atoms with Crippen molar-refractivity contribution in [3.05, 3.63) is 179 Å². The number of carbonyl (C=O) groups excluding carboxylic acids is 5. The van der Waals surface area contributed by atoms with Crippen molar-refractivity contribution in [1.82, 2.24) is 0 Å². The smallest absolute Gasteiger partial charge is 0.338 e. The summed E-state index contributed by atoms with van der Waals surface area (Å²) >= 11 is 0. The lowest BCUT2D eigenvalue weighted by Gasteiger charge is -2.45. The molecule has 13 nitrogen and oxygen atoms in total. The average molecular weight is 775 g/mol. The van der Waals surface area contributed by atoms with E-state index in [1.54, 1.807) is 91.0 Å². The summed E-state index contributed by atoms with van der Waals surface area (Å²) in [5, 5.41) is 11.5. The highest BCUT2D eigenvalue weighted by molar-refractivity contribution is 5.92. The zero-order valence-electron chi connectivity index (χ0n) is 30.6. The first-order chi connectivity index (χ1) is 27.6. The lowest BCUT2D eigenvalue weighted by Crippen LogP contribution is -2.64. The van der Waals surface area contributed by atoms with Crippen LogP contribution in [0.25, 0.3) is 0 Å². The molecule has 0 radical (unpaired) electrons. The number of hydrogen-bond donors (Lipinski definition) is 1. The van der Waals surface area contributed by atoms with E-state index >= 15 is 0 Å². The minimum Gasteiger partial charge on any atom is -0.459 e. The van der Waals surface area contributed by atoms with Crippen LogP contribution in [0.2, 0.25) is 0 Å². The van der Waals surface area contributed by atoms with Crippen LogP contribution in [0.15, 0.2) is 152 Å². The van der Waals surface area contributed by atoms with Gasteiger partial charge in [-0.3, -0.25) is 0 Å². The minimum atomic E-state index is -2.33. The average Bonchev–Trinajstić information content (AvgIpc) is 3.25. The Morgan fingerprint density at radius 2 is 0.825 bits per heavy atom. The fourth-order valence-electron chi connectivity index (χ4n) is 5.76. The van der Waals surface area contributed by atoms with Gasteiger partial charge in [-0.25, -0.2) is 24.0 Å². The Kier molecular flexibility index (Phi) is 13.2. The third-order valence-corrected chi connectivity index (χ3v) is 8.59. The quantitative estimate of drug-likeness (QED) is 0.0814. The van der Waals surface area contributed by atoms with Gasteiger partial charge in [-0.2, -0.15) is 0 Å². The predicted octanol–water partition coefficient (Wildman–Crippen LogP) is 5.83. The topological polar surface area (TPSA) is 170 Å². The Labute approximate surface area is 327 Å². The molecule has 1 aliphatic rings. The van der Waals surface area contributed by atoms with Crippen LogP contribution in [-0.2, 0) is 33.2 Å². The van der Waals surface area contributed by atoms with Gasteiger partial charge >= 0.3 is 29.8 Å². The maximum atomic E-state index is 13.8. The number of aliphatic hydroxyl groups is 1. The Morgan fingerprint density at radius 3 is 1.23 bits per heavy atom. The van der Waals surface area contributed by atoms with Crippen LogP contribution >= 0.6 is 0 Å². The number of hydrogen-bond acceptors (Lipinski definition) is 13. The number of esters is 5. The van der Waals surface area contributed by atoms with Gasteiger partial charge < -0.3 is 38.3 Å². The van der Waals surface area contributed by atoms with Crippen LogP contribution in [0.3, 0.4) is 0 Å². The second-order valence-electron chi connectivity index (χ2n) is 13.0. The second kappa shape index (κ2) is 18.8. The van der Waals surface area contributed by atoms with E-state index in [1.165, 1.54) is 67.6 Å². The van der Waals surface area contributed by atoms with Crippen LogP contribution < -0.4 is 0 Å². The Bertz CT molecular complexity index is 2110. The van der Waals surface area contributed by atoms with E-state index in [1.807, 2.05) is 0 Å². The highest BCUT2D eigenvalue weighted by atomic mass is 16.8. The highest BCUT2D eigenvalue weighted by Gasteiger charge is 2.55.